The van der Waals surface area contributed by atoms with Crippen LogP contribution in [0.1, 0.15) is 33.1 Å². The van der Waals surface area contributed by atoms with E-state index in [2.05, 4.69) is 5.32 Å². The first-order chi connectivity index (χ1) is 9.29. The molecule has 0 aliphatic heterocycles. The van der Waals surface area contributed by atoms with Crippen molar-refractivity contribution in [2.24, 2.45) is 17.4 Å². The number of nitrogens with one attached hydrogen (secondary N) is 2. The third-order valence-electron chi connectivity index (χ3n) is 2.96. The van der Waals surface area contributed by atoms with Crippen molar-refractivity contribution in [1.29, 1.82) is 5.41 Å². The van der Waals surface area contributed by atoms with E-state index >= 15 is 0 Å². The Bertz CT molecular complexity index is 333. The van der Waals surface area contributed by atoms with Crippen molar-refractivity contribution in [2.75, 3.05) is 13.6 Å². The van der Waals surface area contributed by atoms with Crippen molar-refractivity contribution in [1.82, 2.24) is 10.2 Å². The normalized spacial score (nSPS) is 13.7. The van der Waals surface area contributed by atoms with Gasteiger partial charge in [0, 0.05) is 13.6 Å². The first-order valence-corrected chi connectivity index (χ1v) is 6.77. The van der Waals surface area contributed by atoms with Crippen LogP contribution >= 0.6 is 0 Å². The fourth-order valence-corrected chi connectivity index (χ4v) is 1.87. The fourth-order valence-electron chi connectivity index (χ4n) is 1.87. The molecule has 0 aromatic heterocycles. The molecule has 0 aliphatic carbocycles. The predicted octanol–water partition coefficient (Wildman–Crippen LogP) is -0.440. The Morgan fingerprint density at radius 1 is 1.45 bits per heavy atom. The third-order valence-corrected chi connectivity index (χ3v) is 2.96. The zero-order valence-electron chi connectivity index (χ0n) is 12.5. The van der Waals surface area contributed by atoms with Crippen molar-refractivity contribution < 1.29 is 9.59 Å². The van der Waals surface area contributed by atoms with Gasteiger partial charge in [0.15, 0.2) is 5.96 Å². The molecule has 7 nitrogen and oxygen atoms in total. The number of nitrogens with two attached hydrogens (primary N) is 2. The largest absolute Gasteiger partial charge is 0.370 e. The molecule has 2 atom stereocenters. The highest BCUT2D eigenvalue weighted by Crippen LogP contribution is 2.09. The van der Waals surface area contributed by atoms with Crippen LogP contribution in [0.4, 0.5) is 0 Å². The minimum atomic E-state index is -0.616. The highest BCUT2D eigenvalue weighted by molar-refractivity contribution is 5.84. The number of carbonyl (C=O) groups excluding carboxylic acids is 2. The smallest absolute Gasteiger partial charge is 0.239 e. The van der Waals surface area contributed by atoms with Crippen LogP contribution in [0.5, 0.6) is 0 Å². The molecule has 1 amide bonds. The van der Waals surface area contributed by atoms with E-state index in [-0.39, 0.29) is 11.9 Å². The molecule has 7 heteroatoms. The number of hydrogen-bond donors (Lipinski definition) is 4. The zero-order chi connectivity index (χ0) is 15.7. The molecular formula is C13H26N5O2. The van der Waals surface area contributed by atoms with Crippen molar-refractivity contribution in [3.05, 3.63) is 0 Å². The summed E-state index contributed by atoms with van der Waals surface area (Å²) in [5, 5.41) is 9.65. The number of amides is 1. The van der Waals surface area contributed by atoms with Crippen LogP contribution in [0.3, 0.4) is 0 Å². The van der Waals surface area contributed by atoms with Gasteiger partial charge in [-0.2, -0.15) is 0 Å². The summed E-state index contributed by atoms with van der Waals surface area (Å²) in [5.41, 5.74) is 11.0. The maximum Gasteiger partial charge on any atom is 0.239 e. The van der Waals surface area contributed by atoms with Gasteiger partial charge < -0.3 is 21.7 Å². The van der Waals surface area contributed by atoms with E-state index in [9.17, 15) is 9.59 Å². The van der Waals surface area contributed by atoms with Crippen molar-refractivity contribution in [3.8, 4) is 0 Å². The Balaban J connectivity index is 4.31. The van der Waals surface area contributed by atoms with Crippen LogP contribution in [0.15, 0.2) is 0 Å². The first kappa shape index (κ1) is 18.4. The summed E-state index contributed by atoms with van der Waals surface area (Å²) in [6.07, 6.45) is 3.52. The molecule has 0 saturated carbocycles. The standard InChI is InChI=1S/C13H26N5O2/c1-9(2)7-11(14)12(20)18(3)10(8-19)5-4-6-17-13(15)16/h9-11H,4-7,14H2,1-3H3,(H4,15,16,17)/t10-,11-/m0/s1. The molecule has 0 aromatic rings. The van der Waals surface area contributed by atoms with Gasteiger partial charge in [0.25, 0.3) is 0 Å². The van der Waals surface area contributed by atoms with Gasteiger partial charge >= 0.3 is 0 Å². The van der Waals surface area contributed by atoms with E-state index < -0.39 is 12.1 Å². The summed E-state index contributed by atoms with van der Waals surface area (Å²) in [6.45, 7) is 4.46. The molecule has 0 unspecified atom stereocenters. The van der Waals surface area contributed by atoms with E-state index in [0.717, 1.165) is 0 Å². The van der Waals surface area contributed by atoms with Crippen LogP contribution in [0.2, 0.25) is 0 Å². The lowest BCUT2D eigenvalue weighted by Crippen LogP contribution is -2.47. The lowest BCUT2D eigenvalue weighted by Gasteiger charge is -2.26. The van der Waals surface area contributed by atoms with Crippen molar-refractivity contribution in [2.45, 2.75) is 45.2 Å². The number of rotatable bonds is 9. The molecule has 0 spiro atoms. The number of likely N-dealkylation sites (N-methyl/N-ethyl adjacent to an activating group) is 1. The second kappa shape index (κ2) is 9.30. The SMILES string of the molecule is CC(C)C[C@H](N)C(=O)N(C)[C@H]([C]=O)CCCNC(=N)N. The topological polar surface area (TPSA) is 125 Å². The van der Waals surface area contributed by atoms with Gasteiger partial charge in [0.05, 0.1) is 12.1 Å². The fraction of sp³-hybridized carbons (Fsp3) is 0.769. The van der Waals surface area contributed by atoms with E-state index in [0.29, 0.717) is 31.7 Å². The molecule has 20 heavy (non-hydrogen) atoms. The maximum atomic E-state index is 12.1. The van der Waals surface area contributed by atoms with Crippen LogP contribution in [-0.2, 0) is 9.59 Å². The van der Waals surface area contributed by atoms with Crippen LogP contribution in [0.25, 0.3) is 0 Å². The highest BCUT2D eigenvalue weighted by atomic mass is 16.2. The third kappa shape index (κ3) is 7.08. The van der Waals surface area contributed by atoms with Gasteiger partial charge in [0.2, 0.25) is 12.2 Å². The summed E-state index contributed by atoms with van der Waals surface area (Å²) in [6, 6.07) is -1.21. The van der Waals surface area contributed by atoms with Gasteiger partial charge in [-0.3, -0.25) is 15.0 Å². The van der Waals surface area contributed by atoms with Crippen LogP contribution < -0.4 is 16.8 Å². The number of carbonyl (C=O) groups is 1. The van der Waals surface area contributed by atoms with Crippen molar-refractivity contribution >= 4 is 18.2 Å². The monoisotopic (exact) mass is 284 g/mol. The summed E-state index contributed by atoms with van der Waals surface area (Å²) < 4.78 is 0. The highest BCUT2D eigenvalue weighted by Gasteiger charge is 2.25. The van der Waals surface area contributed by atoms with Crippen LogP contribution in [0, 0.1) is 11.3 Å². The van der Waals surface area contributed by atoms with Gasteiger partial charge in [0.1, 0.15) is 0 Å². The van der Waals surface area contributed by atoms with E-state index in [1.807, 2.05) is 20.1 Å². The lowest BCUT2D eigenvalue weighted by molar-refractivity contribution is -0.132. The summed E-state index contributed by atoms with van der Waals surface area (Å²) in [5.74, 6) is -0.0348. The average molecular weight is 284 g/mol. The van der Waals surface area contributed by atoms with Gasteiger partial charge in [-0.1, -0.05) is 13.8 Å². The quantitative estimate of drug-likeness (QED) is 0.259. The Hall–Kier alpha value is -1.63. The Labute approximate surface area is 120 Å². The van der Waals surface area contributed by atoms with Gasteiger partial charge in [-0.05, 0) is 25.2 Å². The Morgan fingerprint density at radius 2 is 2.05 bits per heavy atom. The lowest BCUT2D eigenvalue weighted by atomic mass is 10.0. The van der Waals surface area contributed by atoms with Gasteiger partial charge in [-0.15, -0.1) is 0 Å². The molecule has 0 bridgehead atoms. The van der Waals surface area contributed by atoms with E-state index in [1.54, 1.807) is 7.05 Å². The predicted molar refractivity (Wildman–Crippen MR) is 78.8 cm³/mol. The number of guanidine groups is 1. The molecule has 0 heterocycles. The molecule has 0 aliphatic rings. The van der Waals surface area contributed by atoms with Crippen LogP contribution in [-0.4, -0.2) is 48.7 Å². The molecule has 1 radical (unpaired) electrons. The van der Waals surface area contributed by atoms with E-state index in [4.69, 9.17) is 16.9 Å². The molecule has 6 N–H and O–H groups in total. The molecule has 0 aromatic carbocycles. The molecular weight excluding hydrogens is 258 g/mol. The summed E-state index contributed by atoms with van der Waals surface area (Å²) >= 11 is 0. The molecule has 0 saturated heterocycles. The molecule has 115 valence electrons. The zero-order valence-corrected chi connectivity index (χ0v) is 12.5. The second-order valence-corrected chi connectivity index (χ2v) is 5.30. The van der Waals surface area contributed by atoms with Crippen molar-refractivity contribution in [3.63, 3.8) is 0 Å². The average Bonchev–Trinajstić information content (AvgIpc) is 2.36. The Kier molecular flexibility index (Phi) is 8.54. The Morgan fingerprint density at radius 3 is 2.50 bits per heavy atom. The minimum absolute atomic E-state index is 0.111. The van der Waals surface area contributed by atoms with E-state index in [1.165, 1.54) is 4.90 Å². The summed E-state index contributed by atoms with van der Waals surface area (Å²) in [4.78, 5) is 24.4. The van der Waals surface area contributed by atoms with Gasteiger partial charge in [-0.25, -0.2) is 0 Å². The summed E-state index contributed by atoms with van der Waals surface area (Å²) in [7, 11) is 1.57. The number of nitrogens with zero attached hydrogens (tertiary/aromatic N) is 1. The molecule has 0 fully saturated rings. The maximum absolute atomic E-state index is 12.1. The first-order valence-electron chi connectivity index (χ1n) is 6.77. The molecule has 0 rings (SSSR count). The second-order valence-electron chi connectivity index (χ2n) is 5.30. The number of hydrogen-bond acceptors (Lipinski definition) is 4. The minimum Gasteiger partial charge on any atom is -0.370 e.